The van der Waals surface area contributed by atoms with E-state index in [1.165, 1.54) is 19.2 Å². The van der Waals surface area contributed by atoms with E-state index < -0.39 is 11.5 Å². The van der Waals surface area contributed by atoms with Crippen LogP contribution in [0.15, 0.2) is 53.2 Å². The quantitative estimate of drug-likeness (QED) is 0.476. The molecule has 0 aliphatic heterocycles. The highest BCUT2D eigenvalue weighted by Crippen LogP contribution is 2.23. The SMILES string of the molecule is Cc1cnc([C@](C)(O)C#Cc2cccc(-c3nc(C(N)=O)cc(-c4ccnn4C)n3)c2)o1. The second-order valence-corrected chi connectivity index (χ2v) is 7.35. The van der Waals surface area contributed by atoms with Gasteiger partial charge in [0.1, 0.15) is 11.5 Å². The molecule has 3 heterocycles. The molecule has 0 spiro atoms. The van der Waals surface area contributed by atoms with Gasteiger partial charge in [-0.05, 0) is 38.1 Å². The number of carbonyl (C=O) groups is 1. The first-order valence-electron chi connectivity index (χ1n) is 9.69. The number of hydrogen-bond donors (Lipinski definition) is 2. The Labute approximate surface area is 184 Å². The largest absolute Gasteiger partial charge is 0.442 e. The maximum Gasteiger partial charge on any atom is 0.267 e. The zero-order valence-corrected chi connectivity index (χ0v) is 17.7. The number of primary amides is 1. The van der Waals surface area contributed by atoms with E-state index in [1.807, 2.05) is 0 Å². The molecule has 3 aromatic heterocycles. The van der Waals surface area contributed by atoms with Crippen LogP contribution in [0.1, 0.15) is 34.6 Å². The number of hydrogen-bond acceptors (Lipinski definition) is 7. The molecule has 4 aromatic rings. The molecule has 1 aromatic carbocycles. The van der Waals surface area contributed by atoms with Gasteiger partial charge in [0.2, 0.25) is 5.89 Å². The minimum absolute atomic E-state index is 0.0879. The van der Waals surface area contributed by atoms with Crippen molar-refractivity contribution in [1.82, 2.24) is 24.7 Å². The van der Waals surface area contributed by atoms with E-state index in [0.29, 0.717) is 34.1 Å². The third-order valence-electron chi connectivity index (χ3n) is 4.67. The van der Waals surface area contributed by atoms with Crippen molar-refractivity contribution in [3.8, 4) is 34.6 Å². The zero-order valence-electron chi connectivity index (χ0n) is 17.7. The van der Waals surface area contributed by atoms with Crippen LogP contribution in [-0.4, -0.2) is 35.7 Å². The molecule has 0 saturated carbocycles. The highest BCUT2D eigenvalue weighted by Gasteiger charge is 2.26. The van der Waals surface area contributed by atoms with Crippen LogP contribution in [0.5, 0.6) is 0 Å². The van der Waals surface area contributed by atoms with E-state index in [-0.39, 0.29) is 11.6 Å². The van der Waals surface area contributed by atoms with Gasteiger partial charge in [-0.3, -0.25) is 9.48 Å². The number of oxazole rings is 1. The fraction of sp³-hybridized carbons (Fsp3) is 0.174. The van der Waals surface area contributed by atoms with Crippen molar-refractivity contribution in [2.45, 2.75) is 19.4 Å². The molecule has 1 atom stereocenters. The first-order chi connectivity index (χ1) is 15.2. The molecular formula is C23H20N6O3. The number of aromatic nitrogens is 5. The van der Waals surface area contributed by atoms with Gasteiger partial charge in [-0.15, -0.1) is 0 Å². The Morgan fingerprint density at radius 2 is 2.06 bits per heavy atom. The Morgan fingerprint density at radius 3 is 2.72 bits per heavy atom. The number of benzene rings is 1. The van der Waals surface area contributed by atoms with Gasteiger partial charge < -0.3 is 15.3 Å². The van der Waals surface area contributed by atoms with Crippen LogP contribution >= 0.6 is 0 Å². The number of rotatable bonds is 4. The molecule has 0 unspecified atom stereocenters. The van der Waals surface area contributed by atoms with Crippen molar-refractivity contribution in [3.63, 3.8) is 0 Å². The fourth-order valence-corrected chi connectivity index (χ4v) is 3.02. The summed E-state index contributed by atoms with van der Waals surface area (Å²) in [7, 11) is 1.78. The lowest BCUT2D eigenvalue weighted by Gasteiger charge is -2.11. The first-order valence-corrected chi connectivity index (χ1v) is 9.69. The van der Waals surface area contributed by atoms with Crippen molar-refractivity contribution in [1.29, 1.82) is 0 Å². The summed E-state index contributed by atoms with van der Waals surface area (Å²) in [6.07, 6.45) is 3.16. The van der Waals surface area contributed by atoms with E-state index in [2.05, 4.69) is 31.9 Å². The van der Waals surface area contributed by atoms with Crippen LogP contribution < -0.4 is 5.73 Å². The third-order valence-corrected chi connectivity index (χ3v) is 4.67. The van der Waals surface area contributed by atoms with Gasteiger partial charge in [0.25, 0.3) is 5.91 Å². The molecule has 32 heavy (non-hydrogen) atoms. The summed E-state index contributed by atoms with van der Waals surface area (Å²) in [6.45, 7) is 3.25. The monoisotopic (exact) mass is 428 g/mol. The maximum absolute atomic E-state index is 11.9. The Hall–Kier alpha value is -4.29. The molecule has 0 fully saturated rings. The van der Waals surface area contributed by atoms with Gasteiger partial charge in [0.15, 0.2) is 11.4 Å². The average Bonchev–Trinajstić information content (AvgIpc) is 3.41. The second kappa shape index (κ2) is 8.09. The smallest absolute Gasteiger partial charge is 0.267 e. The summed E-state index contributed by atoms with van der Waals surface area (Å²) in [4.78, 5) is 24.8. The third kappa shape index (κ3) is 4.26. The van der Waals surface area contributed by atoms with Crippen LogP contribution in [-0.2, 0) is 12.6 Å². The number of nitrogens with two attached hydrogens (primary N) is 1. The van der Waals surface area contributed by atoms with Crippen LogP contribution in [0.2, 0.25) is 0 Å². The van der Waals surface area contributed by atoms with Gasteiger partial charge in [0, 0.05) is 24.4 Å². The minimum Gasteiger partial charge on any atom is -0.442 e. The Balaban J connectivity index is 1.73. The Kier molecular flexibility index (Phi) is 5.30. The lowest BCUT2D eigenvalue weighted by Crippen LogP contribution is -2.18. The molecule has 1 amide bonds. The Bertz CT molecular complexity index is 1370. The molecule has 0 aliphatic rings. The lowest BCUT2D eigenvalue weighted by molar-refractivity contribution is 0.0882. The normalized spacial score (nSPS) is 12.6. The van der Waals surface area contributed by atoms with Crippen LogP contribution in [0.3, 0.4) is 0 Å². The molecule has 160 valence electrons. The average molecular weight is 428 g/mol. The molecule has 0 radical (unpaired) electrons. The van der Waals surface area contributed by atoms with Crippen molar-refractivity contribution >= 4 is 5.91 Å². The van der Waals surface area contributed by atoms with Gasteiger partial charge >= 0.3 is 0 Å². The van der Waals surface area contributed by atoms with Gasteiger partial charge in [-0.2, -0.15) is 5.10 Å². The number of aryl methyl sites for hydroxylation is 2. The van der Waals surface area contributed by atoms with Crippen molar-refractivity contribution in [2.75, 3.05) is 0 Å². The standard InChI is InChI=1S/C23H20N6O3/c1-14-13-25-22(32-14)23(2,31)9-7-15-5-4-6-16(11-15)21-27-17(12-18(28-21)20(24)30)19-8-10-26-29(19)3/h4-6,8,10-13,31H,1-3H3,(H2,24,30)/t23-/m1/s1. The molecule has 0 saturated heterocycles. The van der Waals surface area contributed by atoms with Gasteiger partial charge in [-0.25, -0.2) is 15.0 Å². The number of aliphatic hydroxyl groups is 1. The second-order valence-electron chi connectivity index (χ2n) is 7.35. The molecule has 0 aliphatic carbocycles. The van der Waals surface area contributed by atoms with Gasteiger partial charge in [0.05, 0.1) is 17.6 Å². The Morgan fingerprint density at radius 1 is 1.25 bits per heavy atom. The summed E-state index contributed by atoms with van der Waals surface area (Å²) < 4.78 is 7.03. The lowest BCUT2D eigenvalue weighted by atomic mass is 10.1. The summed E-state index contributed by atoms with van der Waals surface area (Å²) in [5.74, 6) is 6.07. The fourth-order valence-electron chi connectivity index (χ4n) is 3.02. The predicted molar refractivity (Wildman–Crippen MR) is 116 cm³/mol. The van der Waals surface area contributed by atoms with E-state index >= 15 is 0 Å². The highest BCUT2D eigenvalue weighted by molar-refractivity contribution is 5.92. The molecule has 9 nitrogen and oxygen atoms in total. The van der Waals surface area contributed by atoms with Crippen LogP contribution in [0.25, 0.3) is 22.8 Å². The van der Waals surface area contributed by atoms with Gasteiger partial charge in [-0.1, -0.05) is 24.0 Å². The van der Waals surface area contributed by atoms with E-state index in [1.54, 1.807) is 55.2 Å². The summed E-state index contributed by atoms with van der Waals surface area (Å²) in [5, 5.41) is 14.7. The molecule has 4 rings (SSSR count). The molecular weight excluding hydrogens is 408 g/mol. The van der Waals surface area contributed by atoms with E-state index in [9.17, 15) is 9.90 Å². The van der Waals surface area contributed by atoms with Crippen LogP contribution in [0, 0.1) is 18.8 Å². The van der Waals surface area contributed by atoms with Crippen LogP contribution in [0.4, 0.5) is 0 Å². The predicted octanol–water partition coefficient (Wildman–Crippen LogP) is 2.20. The number of carbonyl (C=O) groups excluding carboxylic acids is 1. The highest BCUT2D eigenvalue weighted by atomic mass is 16.4. The molecule has 0 bridgehead atoms. The zero-order chi connectivity index (χ0) is 22.9. The topological polar surface area (TPSA) is 133 Å². The summed E-state index contributed by atoms with van der Waals surface area (Å²) >= 11 is 0. The maximum atomic E-state index is 11.9. The summed E-state index contributed by atoms with van der Waals surface area (Å²) in [5.41, 5.74) is 6.49. The van der Waals surface area contributed by atoms with E-state index in [0.717, 1.165) is 0 Å². The van der Waals surface area contributed by atoms with Crippen molar-refractivity contribution in [2.24, 2.45) is 12.8 Å². The summed E-state index contributed by atoms with van der Waals surface area (Å²) in [6, 6.07) is 10.4. The van der Waals surface area contributed by atoms with Crippen molar-refractivity contribution < 1.29 is 14.3 Å². The van der Waals surface area contributed by atoms with E-state index in [4.69, 9.17) is 10.2 Å². The molecule has 3 N–H and O–H groups in total. The number of amides is 1. The minimum atomic E-state index is -1.56. The number of nitrogens with zero attached hydrogens (tertiary/aromatic N) is 5. The molecule has 9 heteroatoms. The first kappa shape index (κ1) is 21.0. The van der Waals surface area contributed by atoms with Crippen molar-refractivity contribution in [3.05, 3.63) is 71.7 Å².